The molecule has 27 heavy (non-hydrogen) atoms. The summed E-state index contributed by atoms with van der Waals surface area (Å²) in [6.07, 6.45) is 11.5. The molecule has 7 nitrogen and oxygen atoms in total. The molecule has 0 spiro atoms. The van der Waals surface area contributed by atoms with E-state index in [9.17, 15) is 5.11 Å². The molecular weight excluding hydrogens is 342 g/mol. The van der Waals surface area contributed by atoms with E-state index in [1.807, 2.05) is 12.1 Å². The summed E-state index contributed by atoms with van der Waals surface area (Å²) in [5.74, 6) is 0.700. The van der Waals surface area contributed by atoms with Crippen molar-refractivity contribution in [1.82, 2.24) is 25.5 Å². The topological polar surface area (TPSA) is 96.0 Å². The maximum absolute atomic E-state index is 10.4. The van der Waals surface area contributed by atoms with Gasteiger partial charge in [-0.25, -0.2) is 9.97 Å². The molecular formula is C20H21N5O2. The van der Waals surface area contributed by atoms with Crippen LogP contribution in [0.15, 0.2) is 43.0 Å². The molecule has 2 aliphatic heterocycles. The van der Waals surface area contributed by atoms with Gasteiger partial charge < -0.3 is 15.2 Å². The van der Waals surface area contributed by atoms with Crippen molar-refractivity contribution >= 4 is 0 Å². The van der Waals surface area contributed by atoms with Gasteiger partial charge in [0.2, 0.25) is 5.88 Å². The summed E-state index contributed by atoms with van der Waals surface area (Å²) in [5, 5.41) is 20.7. The highest BCUT2D eigenvalue weighted by atomic mass is 16.5. The summed E-state index contributed by atoms with van der Waals surface area (Å²) >= 11 is 0. The van der Waals surface area contributed by atoms with Crippen LogP contribution >= 0.6 is 0 Å². The quantitative estimate of drug-likeness (QED) is 0.660. The highest BCUT2D eigenvalue weighted by molar-refractivity contribution is 5.73. The zero-order valence-corrected chi connectivity index (χ0v) is 14.8. The largest absolute Gasteiger partial charge is 0.507 e. The fourth-order valence-corrected chi connectivity index (χ4v) is 4.12. The highest BCUT2D eigenvalue weighted by Crippen LogP contribution is 2.33. The second-order valence-electron chi connectivity index (χ2n) is 7.31. The maximum Gasteiger partial charge on any atom is 0.232 e. The lowest BCUT2D eigenvalue weighted by molar-refractivity contribution is 0.131. The van der Waals surface area contributed by atoms with E-state index < -0.39 is 0 Å². The number of fused-ring (bicyclic) bond motifs is 2. The SMILES string of the molecule is Oc1cc(-c2cn[nH]c2)ccc1-c1cnc(OC2CC3CCC(C2)N3)cn1. The van der Waals surface area contributed by atoms with Gasteiger partial charge in [0.05, 0.1) is 24.3 Å². The number of rotatable bonds is 4. The zero-order chi connectivity index (χ0) is 18.2. The number of aromatic hydroxyl groups is 1. The summed E-state index contributed by atoms with van der Waals surface area (Å²) in [4.78, 5) is 8.84. The number of nitrogens with one attached hydrogen (secondary N) is 2. The molecule has 0 radical (unpaired) electrons. The van der Waals surface area contributed by atoms with Crippen LogP contribution in [-0.4, -0.2) is 43.5 Å². The third-order valence-electron chi connectivity index (χ3n) is 5.45. The lowest BCUT2D eigenvalue weighted by Crippen LogP contribution is -2.42. The van der Waals surface area contributed by atoms with Crippen molar-refractivity contribution in [3.05, 3.63) is 43.0 Å². The minimum absolute atomic E-state index is 0.159. The van der Waals surface area contributed by atoms with Crippen LogP contribution in [0.5, 0.6) is 11.6 Å². The summed E-state index contributed by atoms with van der Waals surface area (Å²) in [6.45, 7) is 0. The molecule has 3 N–H and O–H groups in total. The molecule has 2 atom stereocenters. The van der Waals surface area contributed by atoms with Gasteiger partial charge in [-0.05, 0) is 43.4 Å². The summed E-state index contributed by atoms with van der Waals surface area (Å²) in [5.41, 5.74) is 3.06. The number of hydrogen-bond donors (Lipinski definition) is 3. The van der Waals surface area contributed by atoms with Crippen molar-refractivity contribution < 1.29 is 9.84 Å². The lowest BCUT2D eigenvalue weighted by Gasteiger charge is -2.28. The van der Waals surface area contributed by atoms with Crippen LogP contribution in [0, 0.1) is 0 Å². The van der Waals surface area contributed by atoms with Crippen LogP contribution in [0.2, 0.25) is 0 Å². The number of nitrogens with zero attached hydrogens (tertiary/aromatic N) is 3. The minimum Gasteiger partial charge on any atom is -0.507 e. The van der Waals surface area contributed by atoms with Crippen molar-refractivity contribution in [3.8, 4) is 34.0 Å². The van der Waals surface area contributed by atoms with Crippen LogP contribution in [0.1, 0.15) is 25.7 Å². The molecule has 3 aromatic rings. The van der Waals surface area contributed by atoms with Crippen LogP contribution in [0.4, 0.5) is 0 Å². The molecule has 5 rings (SSSR count). The highest BCUT2D eigenvalue weighted by Gasteiger charge is 2.34. The van der Waals surface area contributed by atoms with E-state index in [1.54, 1.807) is 30.9 Å². The molecule has 4 heterocycles. The third-order valence-corrected chi connectivity index (χ3v) is 5.45. The average Bonchev–Trinajstić information content (AvgIpc) is 3.32. The molecule has 1 aromatic carbocycles. The smallest absolute Gasteiger partial charge is 0.232 e. The summed E-state index contributed by atoms with van der Waals surface area (Å²) in [6, 6.07) is 6.62. The van der Waals surface area contributed by atoms with Crippen molar-refractivity contribution in [1.29, 1.82) is 0 Å². The van der Waals surface area contributed by atoms with Gasteiger partial charge in [-0.15, -0.1) is 0 Å². The Morgan fingerprint density at radius 1 is 1.00 bits per heavy atom. The summed E-state index contributed by atoms with van der Waals surface area (Å²) in [7, 11) is 0. The average molecular weight is 363 g/mol. The molecule has 0 aliphatic carbocycles. The number of hydrogen-bond acceptors (Lipinski definition) is 6. The fraction of sp³-hybridized carbons (Fsp3) is 0.350. The van der Waals surface area contributed by atoms with E-state index in [4.69, 9.17) is 4.74 Å². The van der Waals surface area contributed by atoms with Crippen molar-refractivity contribution in [2.45, 2.75) is 43.9 Å². The standard InChI is InChI=1S/C20H21N5O2/c26-19-5-12(13-8-23-24-9-13)1-4-17(19)18-10-22-20(11-21-18)27-16-6-14-2-3-15(7-16)25-14/h1,4-5,8-11,14-16,25-26H,2-3,6-7H2,(H,23,24). The number of ether oxygens (including phenoxy) is 1. The number of H-pyrrole nitrogens is 1. The van der Waals surface area contributed by atoms with Crippen LogP contribution < -0.4 is 10.1 Å². The Morgan fingerprint density at radius 3 is 2.52 bits per heavy atom. The van der Waals surface area contributed by atoms with Crippen LogP contribution in [0.25, 0.3) is 22.4 Å². The molecule has 0 amide bonds. The molecule has 2 fully saturated rings. The molecule has 2 saturated heterocycles. The first kappa shape index (κ1) is 16.3. The predicted octanol–water partition coefficient (Wildman–Crippen LogP) is 2.90. The van der Waals surface area contributed by atoms with Crippen molar-refractivity contribution in [2.75, 3.05) is 0 Å². The van der Waals surface area contributed by atoms with Gasteiger partial charge >= 0.3 is 0 Å². The first-order valence-corrected chi connectivity index (χ1v) is 9.32. The first-order valence-electron chi connectivity index (χ1n) is 9.32. The second kappa shape index (κ2) is 6.66. The number of benzene rings is 1. The Balaban J connectivity index is 1.31. The minimum atomic E-state index is 0.159. The van der Waals surface area contributed by atoms with Gasteiger partial charge in [-0.3, -0.25) is 5.10 Å². The monoisotopic (exact) mass is 363 g/mol. The summed E-state index contributed by atoms with van der Waals surface area (Å²) < 4.78 is 6.04. The predicted molar refractivity (Wildman–Crippen MR) is 100 cm³/mol. The van der Waals surface area contributed by atoms with E-state index >= 15 is 0 Å². The van der Waals surface area contributed by atoms with Crippen LogP contribution in [0.3, 0.4) is 0 Å². The Hall–Kier alpha value is -2.93. The van der Waals surface area contributed by atoms with Gasteiger partial charge in [-0.2, -0.15) is 5.10 Å². The fourth-order valence-electron chi connectivity index (χ4n) is 4.12. The zero-order valence-electron chi connectivity index (χ0n) is 14.8. The Labute approximate surface area is 156 Å². The van der Waals surface area contributed by atoms with Gasteiger partial charge in [0.15, 0.2) is 0 Å². The molecule has 7 heteroatoms. The lowest BCUT2D eigenvalue weighted by atomic mass is 10.0. The number of aromatic amines is 1. The van der Waals surface area contributed by atoms with Crippen molar-refractivity contribution in [3.63, 3.8) is 0 Å². The molecule has 138 valence electrons. The Morgan fingerprint density at radius 2 is 1.85 bits per heavy atom. The molecule has 0 saturated carbocycles. The van der Waals surface area contributed by atoms with Gasteiger partial charge in [0.25, 0.3) is 0 Å². The maximum atomic E-state index is 10.4. The second-order valence-corrected chi connectivity index (χ2v) is 7.31. The molecule has 2 unspecified atom stereocenters. The molecule has 2 bridgehead atoms. The van der Waals surface area contributed by atoms with Crippen LogP contribution in [-0.2, 0) is 0 Å². The van der Waals surface area contributed by atoms with Gasteiger partial charge in [0, 0.05) is 29.4 Å². The molecule has 2 aromatic heterocycles. The van der Waals surface area contributed by atoms with Crippen molar-refractivity contribution in [2.24, 2.45) is 0 Å². The Bertz CT molecular complexity index is 914. The number of phenols is 1. The van der Waals surface area contributed by atoms with E-state index in [0.29, 0.717) is 29.2 Å². The number of phenolic OH excluding ortho intramolecular Hbond substituents is 1. The first-order chi connectivity index (χ1) is 13.2. The van der Waals surface area contributed by atoms with E-state index in [0.717, 1.165) is 24.0 Å². The van der Waals surface area contributed by atoms with Gasteiger partial charge in [0.1, 0.15) is 11.9 Å². The normalized spacial score (nSPS) is 24.1. The third kappa shape index (κ3) is 3.26. The van der Waals surface area contributed by atoms with Gasteiger partial charge in [-0.1, -0.05) is 6.07 Å². The van der Waals surface area contributed by atoms with E-state index in [1.165, 1.54) is 12.8 Å². The molecule has 2 aliphatic rings. The Kier molecular flexibility index (Phi) is 4.01. The van der Waals surface area contributed by atoms with E-state index in [-0.39, 0.29) is 11.9 Å². The number of piperidine rings is 1. The number of aromatic nitrogens is 4. The van der Waals surface area contributed by atoms with E-state index in [2.05, 4.69) is 25.5 Å².